The van der Waals surface area contributed by atoms with Gasteiger partial charge in [0.05, 0.1) is 28.8 Å². The average Bonchev–Trinajstić information content (AvgIpc) is 3.40. The summed E-state index contributed by atoms with van der Waals surface area (Å²) in [6.45, 7) is 0. The highest BCUT2D eigenvalue weighted by Crippen LogP contribution is 2.26. The Bertz CT molecular complexity index is 1360. The number of hydrogen-bond acceptors (Lipinski definition) is 8. The van der Waals surface area contributed by atoms with E-state index >= 15 is 0 Å². The zero-order valence-corrected chi connectivity index (χ0v) is 18.0. The summed E-state index contributed by atoms with van der Waals surface area (Å²) in [5.74, 6) is 0.760. The van der Waals surface area contributed by atoms with Crippen LogP contribution in [0.15, 0.2) is 65.8 Å². The van der Waals surface area contributed by atoms with Gasteiger partial charge in [-0.05, 0) is 36.4 Å². The number of anilines is 1. The second-order valence-electron chi connectivity index (χ2n) is 6.53. The van der Waals surface area contributed by atoms with E-state index in [1.807, 2.05) is 60.7 Å². The van der Waals surface area contributed by atoms with Gasteiger partial charge in [-0.1, -0.05) is 47.4 Å². The van der Waals surface area contributed by atoms with E-state index in [0.717, 1.165) is 27.2 Å². The van der Waals surface area contributed by atoms with Gasteiger partial charge in [-0.3, -0.25) is 4.79 Å². The lowest BCUT2D eigenvalue weighted by atomic mass is 10.1. The maximum Gasteiger partial charge on any atom is 0.236 e. The van der Waals surface area contributed by atoms with E-state index in [1.54, 1.807) is 11.6 Å². The lowest BCUT2D eigenvalue weighted by molar-refractivity contribution is -0.113. The average molecular weight is 449 g/mol. The van der Waals surface area contributed by atoms with Gasteiger partial charge in [-0.15, -0.1) is 10.2 Å². The Labute approximate surface area is 185 Å². The number of methoxy groups -OCH3 is 1. The summed E-state index contributed by atoms with van der Waals surface area (Å²) < 4.78 is 7.97. The highest BCUT2D eigenvalue weighted by atomic mass is 32.2. The number of aromatic nitrogens is 5. The zero-order valence-electron chi connectivity index (χ0n) is 16.3. The van der Waals surface area contributed by atoms with Crippen LogP contribution in [-0.4, -0.2) is 43.6 Å². The van der Waals surface area contributed by atoms with Crippen LogP contribution in [0, 0.1) is 0 Å². The van der Waals surface area contributed by atoms with Crippen LogP contribution in [0.25, 0.3) is 27.1 Å². The summed E-state index contributed by atoms with van der Waals surface area (Å²) in [5, 5.41) is 16.9. The highest BCUT2D eigenvalue weighted by Gasteiger charge is 2.13. The Morgan fingerprint density at radius 2 is 2.03 bits per heavy atom. The van der Waals surface area contributed by atoms with E-state index in [2.05, 4.69) is 25.6 Å². The number of fused-ring (bicyclic) bond motifs is 2. The van der Waals surface area contributed by atoms with Crippen molar-refractivity contribution in [2.24, 2.45) is 0 Å². The first-order valence-electron chi connectivity index (χ1n) is 9.35. The number of rotatable bonds is 6. The normalized spacial score (nSPS) is 11.1. The summed E-state index contributed by atoms with van der Waals surface area (Å²) >= 11 is 2.72. The fourth-order valence-electron chi connectivity index (χ4n) is 3.01. The molecule has 0 saturated carbocycles. The molecule has 0 bridgehead atoms. The van der Waals surface area contributed by atoms with E-state index < -0.39 is 0 Å². The number of hydrogen-bond donors (Lipinski definition) is 1. The number of thiazole rings is 1. The minimum absolute atomic E-state index is 0.162. The van der Waals surface area contributed by atoms with Crippen molar-refractivity contribution in [3.05, 3.63) is 60.7 Å². The van der Waals surface area contributed by atoms with Crippen LogP contribution >= 0.6 is 23.1 Å². The molecule has 8 nitrogen and oxygen atoms in total. The molecule has 0 atom stereocenters. The van der Waals surface area contributed by atoms with Crippen molar-refractivity contribution in [1.29, 1.82) is 0 Å². The Hall–Kier alpha value is -3.50. The van der Waals surface area contributed by atoms with Gasteiger partial charge in [-0.25, -0.2) is 4.98 Å². The molecule has 10 heteroatoms. The number of para-hydroxylation sites is 1. The smallest absolute Gasteiger partial charge is 0.236 e. The first kappa shape index (κ1) is 19.5. The minimum Gasteiger partial charge on any atom is -0.497 e. The van der Waals surface area contributed by atoms with Gasteiger partial charge in [0.1, 0.15) is 5.75 Å². The number of thioether (sulfide) groups is 1. The molecule has 0 radical (unpaired) electrons. The maximum absolute atomic E-state index is 12.4. The fraction of sp³-hybridized carbons (Fsp3) is 0.0952. The number of carbonyl (C=O) groups excluding carboxylic acids is 1. The van der Waals surface area contributed by atoms with Crippen LogP contribution in [0.3, 0.4) is 0 Å². The molecule has 0 saturated heterocycles. The van der Waals surface area contributed by atoms with Gasteiger partial charge < -0.3 is 10.1 Å². The first-order valence-corrected chi connectivity index (χ1v) is 11.1. The van der Waals surface area contributed by atoms with E-state index in [9.17, 15) is 4.79 Å². The van der Waals surface area contributed by atoms with Crippen LogP contribution in [0.2, 0.25) is 0 Å². The molecule has 2 aromatic carbocycles. The molecule has 154 valence electrons. The molecule has 1 N–H and O–H groups in total. The predicted molar refractivity (Wildman–Crippen MR) is 122 cm³/mol. The molecule has 31 heavy (non-hydrogen) atoms. The van der Waals surface area contributed by atoms with Crippen molar-refractivity contribution in [3.63, 3.8) is 0 Å². The van der Waals surface area contributed by atoms with Gasteiger partial charge >= 0.3 is 0 Å². The molecule has 0 aliphatic heterocycles. The van der Waals surface area contributed by atoms with Gasteiger partial charge in [0.15, 0.2) is 10.8 Å². The Kier molecular flexibility index (Phi) is 5.23. The summed E-state index contributed by atoms with van der Waals surface area (Å²) in [4.78, 5) is 16.9. The predicted octanol–water partition coefficient (Wildman–Crippen LogP) is 4.14. The van der Waals surface area contributed by atoms with Crippen molar-refractivity contribution < 1.29 is 9.53 Å². The van der Waals surface area contributed by atoms with Crippen LogP contribution < -0.4 is 10.1 Å². The minimum atomic E-state index is -0.162. The third kappa shape index (κ3) is 4.07. The summed E-state index contributed by atoms with van der Waals surface area (Å²) in [6, 6.07) is 19.2. The van der Waals surface area contributed by atoms with Gasteiger partial charge in [0, 0.05) is 5.56 Å². The molecule has 0 unspecified atom stereocenters. The SMILES string of the molecule is COc1cccc(-c2ccc3nnc(SCC(=O)Nc4nc5ccccc5s4)n3n2)c1. The third-order valence-electron chi connectivity index (χ3n) is 4.47. The number of nitrogens with zero attached hydrogens (tertiary/aromatic N) is 5. The number of benzene rings is 2. The van der Waals surface area contributed by atoms with Crippen molar-refractivity contribution in [2.75, 3.05) is 18.2 Å². The lowest BCUT2D eigenvalue weighted by Crippen LogP contribution is -2.14. The molecule has 3 heterocycles. The number of carbonyl (C=O) groups is 1. The summed E-state index contributed by atoms with van der Waals surface area (Å²) in [5.41, 5.74) is 3.15. The standard InChI is InChI=1S/C21H16N6O2S2/c1-29-14-6-4-5-13(11-14)15-9-10-18-24-25-21(27(18)26-15)30-12-19(28)23-20-22-16-7-2-3-8-17(16)31-20/h2-11H,12H2,1H3,(H,22,23,28). The molecule has 5 rings (SSSR count). The highest BCUT2D eigenvalue weighted by molar-refractivity contribution is 7.99. The van der Waals surface area contributed by atoms with Crippen LogP contribution in [0.4, 0.5) is 5.13 Å². The van der Waals surface area contributed by atoms with E-state index in [4.69, 9.17) is 4.74 Å². The molecule has 0 aliphatic rings. The second-order valence-corrected chi connectivity index (χ2v) is 8.50. The number of ether oxygens (including phenoxy) is 1. The zero-order chi connectivity index (χ0) is 21.2. The van der Waals surface area contributed by atoms with E-state index in [0.29, 0.717) is 15.9 Å². The molecule has 0 aliphatic carbocycles. The third-order valence-corrected chi connectivity index (χ3v) is 6.34. The second kappa shape index (κ2) is 8.32. The van der Waals surface area contributed by atoms with Crippen LogP contribution in [-0.2, 0) is 4.79 Å². The Morgan fingerprint density at radius 3 is 2.90 bits per heavy atom. The first-order chi connectivity index (χ1) is 15.2. The molecular weight excluding hydrogens is 432 g/mol. The molecule has 0 fully saturated rings. The van der Waals surface area contributed by atoms with Crippen LogP contribution in [0.1, 0.15) is 0 Å². The molecule has 0 spiro atoms. The van der Waals surface area contributed by atoms with Crippen molar-refractivity contribution in [2.45, 2.75) is 5.16 Å². The molecule has 3 aromatic heterocycles. The fourth-order valence-corrected chi connectivity index (χ4v) is 4.58. The Morgan fingerprint density at radius 1 is 1.13 bits per heavy atom. The number of amides is 1. The van der Waals surface area contributed by atoms with Crippen molar-refractivity contribution in [1.82, 2.24) is 24.8 Å². The molecule has 5 aromatic rings. The van der Waals surface area contributed by atoms with Gasteiger partial charge in [0.25, 0.3) is 0 Å². The topological polar surface area (TPSA) is 94.3 Å². The largest absolute Gasteiger partial charge is 0.497 e. The molecule has 1 amide bonds. The summed E-state index contributed by atoms with van der Waals surface area (Å²) in [7, 11) is 1.63. The van der Waals surface area contributed by atoms with Gasteiger partial charge in [0.2, 0.25) is 11.1 Å². The number of nitrogens with one attached hydrogen (secondary N) is 1. The maximum atomic E-state index is 12.4. The van der Waals surface area contributed by atoms with Crippen molar-refractivity contribution in [3.8, 4) is 17.0 Å². The summed E-state index contributed by atoms with van der Waals surface area (Å²) in [6.07, 6.45) is 0. The van der Waals surface area contributed by atoms with Crippen molar-refractivity contribution >= 4 is 50.0 Å². The Balaban J connectivity index is 1.32. The lowest BCUT2D eigenvalue weighted by Gasteiger charge is -2.05. The monoisotopic (exact) mass is 448 g/mol. The van der Waals surface area contributed by atoms with E-state index in [-0.39, 0.29) is 11.7 Å². The van der Waals surface area contributed by atoms with Crippen LogP contribution in [0.5, 0.6) is 5.75 Å². The van der Waals surface area contributed by atoms with E-state index in [1.165, 1.54) is 23.1 Å². The van der Waals surface area contributed by atoms with Gasteiger partial charge in [-0.2, -0.15) is 9.61 Å². The molecular formula is C21H16N6O2S2. The quantitative estimate of drug-likeness (QED) is 0.390.